The van der Waals surface area contributed by atoms with Gasteiger partial charge in [-0.3, -0.25) is 4.79 Å². The maximum Gasteiger partial charge on any atom is 0.255 e. The zero-order chi connectivity index (χ0) is 15.1. The first-order valence-electron chi connectivity index (χ1n) is 7.88. The van der Waals surface area contributed by atoms with E-state index in [1.807, 2.05) is 17.9 Å². The number of rotatable bonds is 6. The molecule has 5 nitrogen and oxygen atoms in total. The molecule has 0 unspecified atom stereocenters. The summed E-state index contributed by atoms with van der Waals surface area (Å²) in [7, 11) is 0. The van der Waals surface area contributed by atoms with Crippen LogP contribution in [-0.4, -0.2) is 46.6 Å². The molecule has 1 aromatic rings. The van der Waals surface area contributed by atoms with E-state index in [0.717, 1.165) is 38.0 Å². The molecule has 116 valence electrons. The van der Waals surface area contributed by atoms with Crippen LogP contribution in [0.4, 0.5) is 5.82 Å². The van der Waals surface area contributed by atoms with Crippen molar-refractivity contribution in [3.8, 4) is 0 Å². The molecule has 1 heterocycles. The summed E-state index contributed by atoms with van der Waals surface area (Å²) in [4.78, 5) is 18.7. The molecule has 0 radical (unpaired) electrons. The van der Waals surface area contributed by atoms with Crippen molar-refractivity contribution < 1.29 is 9.90 Å². The summed E-state index contributed by atoms with van der Waals surface area (Å²) in [6, 6.07) is 3.89. The highest BCUT2D eigenvalue weighted by atomic mass is 16.3. The van der Waals surface area contributed by atoms with E-state index in [2.05, 4.69) is 10.3 Å². The number of aromatic nitrogens is 1. The zero-order valence-corrected chi connectivity index (χ0v) is 12.7. The van der Waals surface area contributed by atoms with E-state index < -0.39 is 0 Å². The number of nitrogens with zero attached hydrogens (tertiary/aromatic N) is 2. The van der Waals surface area contributed by atoms with Crippen molar-refractivity contribution in [2.75, 3.05) is 25.0 Å². The van der Waals surface area contributed by atoms with E-state index in [4.69, 9.17) is 0 Å². The van der Waals surface area contributed by atoms with Gasteiger partial charge in [-0.25, -0.2) is 4.98 Å². The van der Waals surface area contributed by atoms with Gasteiger partial charge in [0.1, 0.15) is 5.82 Å². The van der Waals surface area contributed by atoms with Gasteiger partial charge in [-0.15, -0.1) is 0 Å². The second kappa shape index (κ2) is 7.98. The maximum atomic E-state index is 12.7. The third-order valence-corrected chi connectivity index (χ3v) is 3.99. The van der Waals surface area contributed by atoms with Gasteiger partial charge < -0.3 is 15.3 Å². The summed E-state index contributed by atoms with van der Waals surface area (Å²) in [6.45, 7) is 3.22. The van der Waals surface area contributed by atoms with Crippen LogP contribution in [0.25, 0.3) is 0 Å². The smallest absolute Gasteiger partial charge is 0.255 e. The van der Waals surface area contributed by atoms with E-state index in [1.165, 1.54) is 6.42 Å². The summed E-state index contributed by atoms with van der Waals surface area (Å²) in [5.74, 6) is 0.756. The largest absolute Gasteiger partial charge is 0.395 e. The summed E-state index contributed by atoms with van der Waals surface area (Å²) in [5.41, 5.74) is 0.593. The summed E-state index contributed by atoms with van der Waals surface area (Å²) in [5, 5.41) is 12.4. The van der Waals surface area contributed by atoms with Gasteiger partial charge in [0.15, 0.2) is 0 Å². The van der Waals surface area contributed by atoms with Crippen LogP contribution < -0.4 is 5.32 Å². The maximum absolute atomic E-state index is 12.7. The van der Waals surface area contributed by atoms with Crippen LogP contribution in [0.2, 0.25) is 0 Å². The minimum absolute atomic E-state index is 0.00510. The average molecular weight is 291 g/mol. The number of nitrogens with one attached hydrogen (secondary N) is 1. The van der Waals surface area contributed by atoms with Gasteiger partial charge in [0.25, 0.3) is 5.91 Å². The number of anilines is 1. The fraction of sp³-hybridized carbons (Fsp3) is 0.625. The van der Waals surface area contributed by atoms with Gasteiger partial charge >= 0.3 is 0 Å². The Morgan fingerprint density at radius 3 is 2.71 bits per heavy atom. The number of hydrogen-bond donors (Lipinski definition) is 2. The van der Waals surface area contributed by atoms with Crippen molar-refractivity contribution in [2.24, 2.45) is 0 Å². The molecule has 1 amide bonds. The Balaban J connectivity index is 2.09. The lowest BCUT2D eigenvalue weighted by Gasteiger charge is -2.34. The molecule has 1 aliphatic carbocycles. The third-order valence-electron chi connectivity index (χ3n) is 3.99. The fourth-order valence-corrected chi connectivity index (χ4v) is 2.92. The van der Waals surface area contributed by atoms with Crippen LogP contribution in [0.5, 0.6) is 0 Å². The third kappa shape index (κ3) is 4.17. The van der Waals surface area contributed by atoms with Gasteiger partial charge in [-0.2, -0.15) is 0 Å². The lowest BCUT2D eigenvalue weighted by atomic mass is 9.93. The normalized spacial score (nSPS) is 15.7. The molecule has 0 spiro atoms. The number of aliphatic hydroxyl groups is 1. The SMILES string of the molecule is CCNc1ccc(C(=O)N(CCO)C2CCCCC2)cn1. The van der Waals surface area contributed by atoms with Gasteiger partial charge in [-0.05, 0) is 31.9 Å². The molecule has 0 aliphatic heterocycles. The number of carbonyl (C=O) groups excluding carboxylic acids is 1. The quantitative estimate of drug-likeness (QED) is 0.844. The van der Waals surface area contributed by atoms with Gasteiger partial charge in [-0.1, -0.05) is 19.3 Å². The highest BCUT2D eigenvalue weighted by Crippen LogP contribution is 2.24. The molecule has 2 N–H and O–H groups in total. The number of amides is 1. The number of carbonyl (C=O) groups is 1. The molecular formula is C16H25N3O2. The van der Waals surface area contributed by atoms with Crippen molar-refractivity contribution >= 4 is 11.7 Å². The molecule has 1 saturated carbocycles. The van der Waals surface area contributed by atoms with Crippen LogP contribution >= 0.6 is 0 Å². The van der Waals surface area contributed by atoms with Crippen LogP contribution in [-0.2, 0) is 0 Å². The van der Waals surface area contributed by atoms with Crippen molar-refractivity contribution in [2.45, 2.75) is 45.1 Å². The zero-order valence-electron chi connectivity index (χ0n) is 12.7. The Morgan fingerprint density at radius 1 is 1.38 bits per heavy atom. The minimum Gasteiger partial charge on any atom is -0.395 e. The molecule has 0 atom stereocenters. The van der Waals surface area contributed by atoms with E-state index in [-0.39, 0.29) is 18.6 Å². The second-order valence-electron chi connectivity index (χ2n) is 5.48. The van der Waals surface area contributed by atoms with Gasteiger partial charge in [0, 0.05) is 25.3 Å². The van der Waals surface area contributed by atoms with Crippen molar-refractivity contribution in [3.05, 3.63) is 23.9 Å². The Labute approximate surface area is 126 Å². The first-order valence-corrected chi connectivity index (χ1v) is 7.88. The monoisotopic (exact) mass is 291 g/mol. The van der Waals surface area contributed by atoms with E-state index in [0.29, 0.717) is 12.1 Å². The van der Waals surface area contributed by atoms with Crippen LogP contribution in [0.3, 0.4) is 0 Å². The van der Waals surface area contributed by atoms with Crippen LogP contribution in [0.1, 0.15) is 49.4 Å². The highest BCUT2D eigenvalue weighted by Gasteiger charge is 2.25. The molecular weight excluding hydrogens is 266 g/mol. The number of hydrogen-bond acceptors (Lipinski definition) is 4. The second-order valence-corrected chi connectivity index (χ2v) is 5.48. The van der Waals surface area contributed by atoms with Gasteiger partial charge in [0.05, 0.1) is 12.2 Å². The van der Waals surface area contributed by atoms with Gasteiger partial charge in [0.2, 0.25) is 0 Å². The molecule has 21 heavy (non-hydrogen) atoms. The first kappa shape index (κ1) is 15.8. The Hall–Kier alpha value is -1.62. The number of aliphatic hydroxyl groups excluding tert-OH is 1. The predicted molar refractivity (Wildman–Crippen MR) is 83.4 cm³/mol. The molecule has 0 aromatic carbocycles. The molecule has 1 fully saturated rings. The van der Waals surface area contributed by atoms with Crippen LogP contribution in [0, 0.1) is 0 Å². The fourth-order valence-electron chi connectivity index (χ4n) is 2.92. The molecule has 2 rings (SSSR count). The molecule has 1 aliphatic rings. The molecule has 0 bridgehead atoms. The molecule has 0 saturated heterocycles. The van der Waals surface area contributed by atoms with E-state index in [9.17, 15) is 9.90 Å². The molecule has 1 aromatic heterocycles. The summed E-state index contributed by atoms with van der Waals surface area (Å²) < 4.78 is 0. The number of pyridine rings is 1. The minimum atomic E-state index is -0.0218. The van der Waals surface area contributed by atoms with E-state index >= 15 is 0 Å². The standard InChI is InChI=1S/C16H25N3O2/c1-2-17-15-9-8-13(12-18-15)16(21)19(10-11-20)14-6-4-3-5-7-14/h8-9,12,14,20H,2-7,10-11H2,1H3,(H,17,18). The first-order chi connectivity index (χ1) is 10.3. The van der Waals surface area contributed by atoms with Crippen molar-refractivity contribution in [1.82, 2.24) is 9.88 Å². The molecule has 5 heteroatoms. The summed E-state index contributed by atoms with van der Waals surface area (Å²) >= 11 is 0. The van der Waals surface area contributed by atoms with Crippen LogP contribution in [0.15, 0.2) is 18.3 Å². The van der Waals surface area contributed by atoms with Crippen molar-refractivity contribution in [3.63, 3.8) is 0 Å². The highest BCUT2D eigenvalue weighted by molar-refractivity contribution is 5.94. The lowest BCUT2D eigenvalue weighted by Crippen LogP contribution is -2.43. The lowest BCUT2D eigenvalue weighted by molar-refractivity contribution is 0.0585. The summed E-state index contributed by atoms with van der Waals surface area (Å²) in [6.07, 6.45) is 7.27. The Morgan fingerprint density at radius 2 is 2.14 bits per heavy atom. The predicted octanol–water partition coefficient (Wildman–Crippen LogP) is 2.28. The Kier molecular flexibility index (Phi) is 5.99. The topological polar surface area (TPSA) is 65.5 Å². The van der Waals surface area contributed by atoms with Crippen molar-refractivity contribution in [1.29, 1.82) is 0 Å². The average Bonchev–Trinajstić information content (AvgIpc) is 2.54. The van der Waals surface area contributed by atoms with E-state index in [1.54, 1.807) is 12.3 Å². The Bertz CT molecular complexity index is 441.